The van der Waals surface area contributed by atoms with Crippen LogP contribution in [0.5, 0.6) is 0 Å². The molecule has 2 aromatic rings. The summed E-state index contributed by atoms with van der Waals surface area (Å²) in [6.07, 6.45) is 0.405. The number of nitriles is 1. The average Bonchev–Trinajstić information content (AvgIpc) is 2.90. The third-order valence-corrected chi connectivity index (χ3v) is 3.99. The molecule has 0 fully saturated rings. The topological polar surface area (TPSA) is 56.9 Å². The van der Waals surface area contributed by atoms with Crippen LogP contribution in [-0.4, -0.2) is 12.3 Å². The molecule has 0 amide bonds. The fraction of sp³-hybridized carbons (Fsp3) is 0.250. The molecule has 1 heterocycles. The zero-order chi connectivity index (χ0) is 14.4. The van der Waals surface area contributed by atoms with E-state index in [-0.39, 0.29) is 0 Å². The highest BCUT2D eigenvalue weighted by Crippen LogP contribution is 2.17. The van der Waals surface area contributed by atoms with Crippen molar-refractivity contribution < 1.29 is 4.74 Å². The van der Waals surface area contributed by atoms with Crippen molar-refractivity contribution in [1.82, 2.24) is 0 Å². The van der Waals surface area contributed by atoms with E-state index in [2.05, 4.69) is 25.1 Å². The van der Waals surface area contributed by atoms with Crippen molar-refractivity contribution in [3.8, 4) is 6.07 Å². The fourth-order valence-corrected chi connectivity index (χ4v) is 2.61. The standard InChI is InChI=1S/C16H16N2OS/c1-12-2-4-13(5-3-12)10-19-11-15(18)16-7-6-14(20-16)8-9-17/h2-7,18H,8,10-11H2,1H3. The maximum Gasteiger partial charge on any atom is 0.0899 e. The van der Waals surface area contributed by atoms with Crippen LogP contribution in [0.2, 0.25) is 0 Å². The Kier molecular flexibility index (Phi) is 5.05. The molecular weight excluding hydrogens is 268 g/mol. The van der Waals surface area contributed by atoms with E-state index in [9.17, 15) is 0 Å². The molecule has 0 aliphatic rings. The van der Waals surface area contributed by atoms with Crippen molar-refractivity contribution >= 4 is 17.0 Å². The minimum Gasteiger partial charge on any atom is -0.370 e. The second-order valence-electron chi connectivity index (χ2n) is 4.56. The van der Waals surface area contributed by atoms with Gasteiger partial charge in [0.15, 0.2) is 0 Å². The van der Waals surface area contributed by atoms with Gasteiger partial charge < -0.3 is 10.1 Å². The molecule has 0 saturated heterocycles. The van der Waals surface area contributed by atoms with Crippen LogP contribution >= 0.6 is 11.3 Å². The molecule has 2 rings (SSSR count). The molecule has 102 valence electrons. The van der Waals surface area contributed by atoms with Gasteiger partial charge in [0.1, 0.15) is 0 Å². The predicted molar refractivity (Wildman–Crippen MR) is 81.3 cm³/mol. The molecule has 1 aromatic carbocycles. The SMILES string of the molecule is Cc1ccc(COCC(=N)c2ccc(CC#N)s2)cc1. The summed E-state index contributed by atoms with van der Waals surface area (Å²) in [6.45, 7) is 2.86. The van der Waals surface area contributed by atoms with E-state index >= 15 is 0 Å². The van der Waals surface area contributed by atoms with Crippen LogP contribution in [0.4, 0.5) is 0 Å². The fourth-order valence-electron chi connectivity index (χ4n) is 1.74. The number of benzene rings is 1. The van der Waals surface area contributed by atoms with E-state index in [1.807, 2.05) is 24.3 Å². The Labute approximate surface area is 123 Å². The molecule has 0 radical (unpaired) electrons. The number of aryl methyl sites for hydroxylation is 1. The van der Waals surface area contributed by atoms with Crippen LogP contribution in [-0.2, 0) is 17.8 Å². The lowest BCUT2D eigenvalue weighted by molar-refractivity contribution is 0.158. The second-order valence-corrected chi connectivity index (χ2v) is 5.73. The molecule has 3 nitrogen and oxygen atoms in total. The molecule has 1 aromatic heterocycles. The van der Waals surface area contributed by atoms with Gasteiger partial charge in [-0.1, -0.05) is 29.8 Å². The molecule has 0 atom stereocenters. The smallest absolute Gasteiger partial charge is 0.0899 e. The molecule has 0 saturated carbocycles. The summed E-state index contributed by atoms with van der Waals surface area (Å²) in [4.78, 5) is 1.87. The first-order valence-corrected chi connectivity index (χ1v) is 7.17. The molecule has 20 heavy (non-hydrogen) atoms. The summed E-state index contributed by atoms with van der Waals surface area (Å²) in [5, 5.41) is 16.6. The van der Waals surface area contributed by atoms with Crippen LogP contribution in [0.3, 0.4) is 0 Å². The summed E-state index contributed by atoms with van der Waals surface area (Å²) in [6, 6.07) is 14.1. The molecule has 1 N–H and O–H groups in total. The summed E-state index contributed by atoms with van der Waals surface area (Å²) >= 11 is 1.49. The Morgan fingerprint density at radius 3 is 2.70 bits per heavy atom. The van der Waals surface area contributed by atoms with Crippen molar-refractivity contribution in [2.24, 2.45) is 0 Å². The van der Waals surface area contributed by atoms with Gasteiger partial charge in [-0.15, -0.1) is 11.3 Å². The van der Waals surface area contributed by atoms with Gasteiger partial charge >= 0.3 is 0 Å². The Morgan fingerprint density at radius 2 is 2.00 bits per heavy atom. The Morgan fingerprint density at radius 1 is 1.25 bits per heavy atom. The summed E-state index contributed by atoms with van der Waals surface area (Å²) in [5.74, 6) is 0. The first kappa shape index (κ1) is 14.4. The largest absolute Gasteiger partial charge is 0.370 e. The maximum atomic E-state index is 8.63. The van der Waals surface area contributed by atoms with Gasteiger partial charge in [0, 0.05) is 4.88 Å². The zero-order valence-corrected chi connectivity index (χ0v) is 12.2. The molecule has 0 aliphatic heterocycles. The predicted octanol–water partition coefficient (Wildman–Crippen LogP) is 3.71. The molecule has 0 spiro atoms. The van der Waals surface area contributed by atoms with Crippen LogP contribution in [0.15, 0.2) is 36.4 Å². The van der Waals surface area contributed by atoms with Gasteiger partial charge in [-0.2, -0.15) is 5.26 Å². The van der Waals surface area contributed by atoms with E-state index in [1.54, 1.807) is 0 Å². The third kappa shape index (κ3) is 4.02. The Balaban J connectivity index is 1.82. The number of nitrogens with zero attached hydrogens (tertiary/aromatic N) is 1. The van der Waals surface area contributed by atoms with Crippen molar-refractivity contribution in [3.05, 3.63) is 57.3 Å². The monoisotopic (exact) mass is 284 g/mol. The minimum atomic E-state index is 0.292. The van der Waals surface area contributed by atoms with Crippen LogP contribution in [0.25, 0.3) is 0 Å². The highest BCUT2D eigenvalue weighted by Gasteiger charge is 2.06. The Hall–Kier alpha value is -1.96. The number of nitrogens with one attached hydrogen (secondary N) is 1. The summed E-state index contributed by atoms with van der Waals surface area (Å²) in [5.41, 5.74) is 2.80. The number of hydrogen-bond acceptors (Lipinski definition) is 4. The van der Waals surface area contributed by atoms with E-state index in [0.717, 1.165) is 15.3 Å². The number of rotatable bonds is 6. The summed E-state index contributed by atoms with van der Waals surface area (Å²) < 4.78 is 5.56. The third-order valence-electron chi connectivity index (χ3n) is 2.85. The molecule has 0 unspecified atom stereocenters. The quantitative estimate of drug-likeness (QED) is 0.822. The van der Waals surface area contributed by atoms with Crippen molar-refractivity contribution in [1.29, 1.82) is 10.7 Å². The lowest BCUT2D eigenvalue weighted by Crippen LogP contribution is -2.07. The van der Waals surface area contributed by atoms with Gasteiger partial charge in [-0.25, -0.2) is 0 Å². The van der Waals surface area contributed by atoms with Gasteiger partial charge in [0.05, 0.1) is 36.3 Å². The lowest BCUT2D eigenvalue weighted by Gasteiger charge is -2.05. The molecule has 4 heteroatoms. The molecule has 0 bridgehead atoms. The number of thiophene rings is 1. The number of hydrogen-bond donors (Lipinski definition) is 1. The van der Waals surface area contributed by atoms with Gasteiger partial charge in [0.2, 0.25) is 0 Å². The normalized spacial score (nSPS) is 10.2. The van der Waals surface area contributed by atoms with Crippen molar-refractivity contribution in [2.75, 3.05) is 6.61 Å². The van der Waals surface area contributed by atoms with Gasteiger partial charge in [-0.3, -0.25) is 0 Å². The highest BCUT2D eigenvalue weighted by atomic mass is 32.1. The summed E-state index contributed by atoms with van der Waals surface area (Å²) in [7, 11) is 0. The first-order chi connectivity index (χ1) is 9.69. The van der Waals surface area contributed by atoms with E-state index in [1.165, 1.54) is 16.9 Å². The minimum absolute atomic E-state index is 0.292. The number of ether oxygens (including phenoxy) is 1. The van der Waals surface area contributed by atoms with Crippen molar-refractivity contribution in [2.45, 2.75) is 20.0 Å². The van der Waals surface area contributed by atoms with Crippen LogP contribution < -0.4 is 0 Å². The lowest BCUT2D eigenvalue weighted by atomic mass is 10.2. The Bertz CT molecular complexity index is 623. The average molecular weight is 284 g/mol. The van der Waals surface area contributed by atoms with Gasteiger partial charge in [0.25, 0.3) is 0 Å². The molecular formula is C16H16N2OS. The highest BCUT2D eigenvalue weighted by molar-refractivity contribution is 7.14. The molecule has 0 aliphatic carbocycles. The first-order valence-electron chi connectivity index (χ1n) is 6.36. The van der Waals surface area contributed by atoms with E-state index in [0.29, 0.717) is 25.3 Å². The second kappa shape index (κ2) is 6.99. The van der Waals surface area contributed by atoms with Crippen LogP contribution in [0.1, 0.15) is 20.9 Å². The van der Waals surface area contributed by atoms with Gasteiger partial charge in [-0.05, 0) is 24.6 Å². The van der Waals surface area contributed by atoms with Crippen LogP contribution in [0, 0.1) is 23.7 Å². The van der Waals surface area contributed by atoms with Crippen molar-refractivity contribution in [3.63, 3.8) is 0 Å². The van der Waals surface area contributed by atoms with E-state index in [4.69, 9.17) is 15.4 Å². The zero-order valence-electron chi connectivity index (χ0n) is 11.3. The maximum absolute atomic E-state index is 8.63. The van der Waals surface area contributed by atoms with E-state index < -0.39 is 0 Å².